The minimum Gasteiger partial charge on any atom is -0.383 e. The van der Waals surface area contributed by atoms with E-state index < -0.39 is 19.9 Å². The van der Waals surface area contributed by atoms with E-state index in [1.165, 1.54) is 18.2 Å². The van der Waals surface area contributed by atoms with Gasteiger partial charge in [-0.05, 0) is 31.5 Å². The third-order valence-electron chi connectivity index (χ3n) is 3.26. The molecular formula is C15H29BrF3N3OSi. The van der Waals surface area contributed by atoms with Crippen molar-refractivity contribution in [3.63, 3.8) is 0 Å². The average Bonchev–Trinajstić information content (AvgIpc) is 2.44. The number of ether oxygens (including phenoxy) is 1. The molecule has 0 rings (SSSR count). The highest BCUT2D eigenvalue weighted by molar-refractivity contribution is 9.09. The van der Waals surface area contributed by atoms with E-state index in [1.54, 1.807) is 0 Å². The molecule has 1 atom stereocenters. The third-order valence-corrected chi connectivity index (χ3v) is 5.95. The number of nitrogens with zero attached hydrogens (tertiary/aromatic N) is 1. The van der Waals surface area contributed by atoms with E-state index in [0.717, 1.165) is 18.7 Å². The molecule has 4 nitrogen and oxygen atoms in total. The lowest BCUT2D eigenvalue weighted by Crippen LogP contribution is -2.33. The van der Waals surface area contributed by atoms with Crippen LogP contribution in [0, 0.1) is 5.41 Å². The Morgan fingerprint density at radius 1 is 1.38 bits per heavy atom. The second-order valence-electron chi connectivity index (χ2n) is 6.72. The van der Waals surface area contributed by atoms with Gasteiger partial charge in [-0.25, -0.2) is 0 Å². The van der Waals surface area contributed by atoms with Gasteiger partial charge in [-0.15, -0.1) is 0 Å². The Morgan fingerprint density at radius 3 is 2.46 bits per heavy atom. The molecule has 0 spiro atoms. The van der Waals surface area contributed by atoms with Gasteiger partial charge < -0.3 is 20.4 Å². The lowest BCUT2D eigenvalue weighted by Gasteiger charge is -2.28. The summed E-state index contributed by atoms with van der Waals surface area (Å²) < 4.78 is 44.5. The number of rotatable bonds is 12. The van der Waals surface area contributed by atoms with Crippen molar-refractivity contribution in [2.75, 3.05) is 20.4 Å². The fraction of sp³-hybridized carbons (Fsp3) is 0.800. The zero-order chi connectivity index (χ0) is 18.8. The summed E-state index contributed by atoms with van der Waals surface area (Å²) in [5, 5.41) is 9.23. The topological polar surface area (TPSA) is 48.4 Å². The molecule has 9 heteroatoms. The van der Waals surface area contributed by atoms with Gasteiger partial charge in [0.2, 0.25) is 0 Å². The number of allylic oxidation sites excluding steroid dienone is 1. The molecule has 0 aromatic carbocycles. The van der Waals surface area contributed by atoms with E-state index in [2.05, 4.69) is 40.9 Å². The summed E-state index contributed by atoms with van der Waals surface area (Å²) in [5.74, 6) is 0. The van der Waals surface area contributed by atoms with Crippen LogP contribution in [0.3, 0.4) is 0 Å². The summed E-state index contributed by atoms with van der Waals surface area (Å²) >= 11 is 3.43. The van der Waals surface area contributed by atoms with Gasteiger partial charge in [-0.1, -0.05) is 35.6 Å². The first-order valence-electron chi connectivity index (χ1n) is 7.94. The molecule has 24 heavy (non-hydrogen) atoms. The van der Waals surface area contributed by atoms with E-state index in [-0.39, 0.29) is 11.7 Å². The highest BCUT2D eigenvalue weighted by Crippen LogP contribution is 2.25. The van der Waals surface area contributed by atoms with Crippen molar-refractivity contribution in [2.24, 2.45) is 0 Å². The van der Waals surface area contributed by atoms with Crippen LogP contribution in [0.25, 0.3) is 0 Å². The number of unbranched alkanes of at least 4 members (excludes halogenated alkanes) is 1. The molecule has 0 aromatic heterocycles. The molecule has 1 unspecified atom stereocenters. The van der Waals surface area contributed by atoms with Gasteiger partial charge >= 0.3 is 6.18 Å². The second-order valence-corrected chi connectivity index (χ2v) is 13.4. The fourth-order valence-corrected chi connectivity index (χ4v) is 3.06. The Kier molecular flexibility index (Phi) is 10.9. The lowest BCUT2D eigenvalue weighted by molar-refractivity contribution is -0.0979. The van der Waals surface area contributed by atoms with Gasteiger partial charge in [0.05, 0.1) is 4.95 Å². The quantitative estimate of drug-likeness (QED) is 0.117. The molecule has 0 aliphatic rings. The maximum atomic E-state index is 13.0. The average molecular weight is 432 g/mol. The van der Waals surface area contributed by atoms with E-state index in [9.17, 15) is 13.2 Å². The molecule has 0 saturated heterocycles. The smallest absolute Gasteiger partial charge is 0.383 e. The maximum Gasteiger partial charge on any atom is 0.432 e. The van der Waals surface area contributed by atoms with Crippen LogP contribution in [0.5, 0.6) is 0 Å². The number of hydrogen-bond acceptors (Lipinski definition) is 4. The van der Waals surface area contributed by atoms with Crippen molar-refractivity contribution in [1.82, 2.24) is 10.2 Å². The van der Waals surface area contributed by atoms with Crippen molar-refractivity contribution >= 4 is 30.2 Å². The molecule has 0 heterocycles. The van der Waals surface area contributed by atoms with Crippen LogP contribution >= 0.6 is 15.9 Å². The normalized spacial score (nSPS) is 14.4. The van der Waals surface area contributed by atoms with Gasteiger partial charge in [0, 0.05) is 27.9 Å². The van der Waals surface area contributed by atoms with Gasteiger partial charge in [-0.2, -0.15) is 13.2 Å². The SMILES string of the molecule is CN/C(=C\N(COCC[Si](C)(C)C)C(Br)CCCC=N)C(F)(F)F. The summed E-state index contributed by atoms with van der Waals surface area (Å²) in [7, 11) is 0.0127. The van der Waals surface area contributed by atoms with E-state index in [0.29, 0.717) is 19.4 Å². The van der Waals surface area contributed by atoms with Gasteiger partial charge in [0.1, 0.15) is 12.4 Å². The van der Waals surface area contributed by atoms with E-state index >= 15 is 0 Å². The van der Waals surface area contributed by atoms with Crippen LogP contribution in [0.1, 0.15) is 19.3 Å². The molecule has 0 bridgehead atoms. The molecule has 0 saturated carbocycles. The van der Waals surface area contributed by atoms with Gasteiger partial charge in [0.25, 0.3) is 0 Å². The third kappa shape index (κ3) is 11.1. The maximum absolute atomic E-state index is 13.0. The molecule has 0 fully saturated rings. The Bertz CT molecular complexity index is 400. The van der Waals surface area contributed by atoms with Crippen molar-refractivity contribution in [2.45, 2.75) is 56.1 Å². The van der Waals surface area contributed by atoms with Crippen molar-refractivity contribution in [3.05, 3.63) is 11.9 Å². The molecule has 0 aliphatic carbocycles. The zero-order valence-corrected chi connectivity index (χ0v) is 17.4. The van der Waals surface area contributed by atoms with Crippen molar-refractivity contribution < 1.29 is 17.9 Å². The zero-order valence-electron chi connectivity index (χ0n) is 14.8. The molecule has 2 N–H and O–H groups in total. The monoisotopic (exact) mass is 431 g/mol. The minimum atomic E-state index is -4.44. The van der Waals surface area contributed by atoms with Crippen molar-refractivity contribution in [3.8, 4) is 0 Å². The van der Waals surface area contributed by atoms with Crippen molar-refractivity contribution in [1.29, 1.82) is 5.41 Å². The summed E-state index contributed by atoms with van der Waals surface area (Å²) in [6.07, 6.45) is -0.129. The van der Waals surface area contributed by atoms with Crippen LogP contribution in [0.15, 0.2) is 11.9 Å². The van der Waals surface area contributed by atoms with E-state index in [4.69, 9.17) is 10.1 Å². The lowest BCUT2D eigenvalue weighted by atomic mass is 10.2. The summed E-state index contributed by atoms with van der Waals surface area (Å²) in [5.41, 5.74) is -0.812. The van der Waals surface area contributed by atoms with Crippen LogP contribution < -0.4 is 5.32 Å². The molecular weight excluding hydrogens is 403 g/mol. The molecule has 0 radical (unpaired) electrons. The Labute approximate surface area is 152 Å². The molecule has 0 aliphatic heterocycles. The molecule has 0 amide bonds. The predicted octanol–water partition coefficient (Wildman–Crippen LogP) is 4.76. The van der Waals surface area contributed by atoms with E-state index in [1.807, 2.05) is 0 Å². The number of alkyl halides is 4. The van der Waals surface area contributed by atoms with Crippen LogP contribution in [-0.2, 0) is 4.74 Å². The Morgan fingerprint density at radius 2 is 2.00 bits per heavy atom. The van der Waals surface area contributed by atoms with Gasteiger partial charge in [0.15, 0.2) is 0 Å². The predicted molar refractivity (Wildman–Crippen MR) is 99.4 cm³/mol. The molecule has 142 valence electrons. The first-order valence-corrected chi connectivity index (χ1v) is 12.6. The van der Waals surface area contributed by atoms with Crippen LogP contribution in [0.2, 0.25) is 25.7 Å². The summed E-state index contributed by atoms with van der Waals surface area (Å²) in [6.45, 7) is 7.30. The largest absolute Gasteiger partial charge is 0.432 e. The van der Waals surface area contributed by atoms with Crippen LogP contribution in [-0.4, -0.2) is 50.7 Å². The fourth-order valence-electron chi connectivity index (χ4n) is 1.75. The second kappa shape index (κ2) is 11.1. The summed E-state index contributed by atoms with van der Waals surface area (Å²) in [4.78, 5) is 1.23. The first-order chi connectivity index (χ1) is 11.0. The highest BCUT2D eigenvalue weighted by Gasteiger charge is 2.34. The Balaban J connectivity index is 4.87. The van der Waals surface area contributed by atoms with Crippen LogP contribution in [0.4, 0.5) is 13.2 Å². The summed E-state index contributed by atoms with van der Waals surface area (Å²) in [6, 6.07) is 0.962. The first kappa shape index (κ1) is 23.5. The highest BCUT2D eigenvalue weighted by atomic mass is 79.9. The number of hydrogen-bond donors (Lipinski definition) is 2. The standard InChI is InChI=1S/C15H29BrF3N3OSi/c1-21-13(15(17,18)19)11-22(14(16)7-5-6-8-20)12-23-9-10-24(2,3)4/h8,11,14,20-21H,5-7,9-10,12H2,1-4H3/b13-11-,20-8?. The minimum absolute atomic E-state index is 0.0895. The molecule has 0 aromatic rings. The number of nitrogens with one attached hydrogen (secondary N) is 2. The Hall–Kier alpha value is -0.543. The van der Waals surface area contributed by atoms with Gasteiger partial charge in [-0.3, -0.25) is 0 Å². The number of halogens is 4.